The van der Waals surface area contributed by atoms with Gasteiger partial charge in [0.25, 0.3) is 0 Å². The molecule has 0 atom stereocenters. The Bertz CT molecular complexity index is 235. The zero-order chi connectivity index (χ0) is 13.1. The Labute approximate surface area is 109 Å². The summed E-state index contributed by atoms with van der Waals surface area (Å²) in [4.78, 5) is 11.3. The standard InChI is InChI=1S/C11H23N3O2S/c1-9(2)14-10(15)5-7-13-11(17)12-6-4-8-16-3/h9H,4-8H2,1-3H3,(H,14,15)(H2,12,13,17). The number of ether oxygens (including phenoxy) is 1. The number of methoxy groups -OCH3 is 1. The summed E-state index contributed by atoms with van der Waals surface area (Å²) in [5.41, 5.74) is 0. The van der Waals surface area contributed by atoms with Crippen LogP contribution in [0.4, 0.5) is 0 Å². The zero-order valence-electron chi connectivity index (χ0n) is 10.8. The zero-order valence-corrected chi connectivity index (χ0v) is 11.7. The molecular weight excluding hydrogens is 238 g/mol. The van der Waals surface area contributed by atoms with Crippen LogP contribution < -0.4 is 16.0 Å². The highest BCUT2D eigenvalue weighted by atomic mass is 32.1. The Balaban J connectivity index is 3.41. The van der Waals surface area contributed by atoms with Crippen LogP contribution in [0.1, 0.15) is 26.7 Å². The van der Waals surface area contributed by atoms with Crippen LogP contribution >= 0.6 is 12.2 Å². The second-order valence-electron chi connectivity index (χ2n) is 4.00. The van der Waals surface area contributed by atoms with Gasteiger partial charge in [-0.2, -0.15) is 0 Å². The molecule has 0 bridgehead atoms. The Kier molecular flexibility index (Phi) is 9.75. The van der Waals surface area contributed by atoms with E-state index < -0.39 is 0 Å². The first kappa shape index (κ1) is 16.1. The van der Waals surface area contributed by atoms with Crippen molar-refractivity contribution in [1.29, 1.82) is 0 Å². The van der Waals surface area contributed by atoms with Crippen LogP contribution in [0.2, 0.25) is 0 Å². The fourth-order valence-electron chi connectivity index (χ4n) is 1.16. The summed E-state index contributed by atoms with van der Waals surface area (Å²) < 4.78 is 4.92. The molecule has 0 aliphatic heterocycles. The highest BCUT2D eigenvalue weighted by Crippen LogP contribution is 1.83. The summed E-state index contributed by atoms with van der Waals surface area (Å²) in [6, 6.07) is 0.182. The van der Waals surface area contributed by atoms with Crippen molar-refractivity contribution in [2.24, 2.45) is 0 Å². The molecule has 6 heteroatoms. The van der Waals surface area contributed by atoms with Crippen LogP contribution in [-0.2, 0) is 9.53 Å². The number of amides is 1. The third kappa shape index (κ3) is 11.4. The fraction of sp³-hybridized carbons (Fsp3) is 0.818. The van der Waals surface area contributed by atoms with Crippen molar-refractivity contribution < 1.29 is 9.53 Å². The Hall–Kier alpha value is -0.880. The molecule has 0 aliphatic rings. The molecule has 3 N–H and O–H groups in total. The first-order chi connectivity index (χ1) is 8.06. The summed E-state index contributed by atoms with van der Waals surface area (Å²) in [6.07, 6.45) is 1.34. The maximum atomic E-state index is 11.3. The topological polar surface area (TPSA) is 62.4 Å². The number of hydrogen-bond acceptors (Lipinski definition) is 3. The smallest absolute Gasteiger partial charge is 0.221 e. The first-order valence-corrected chi connectivity index (χ1v) is 6.27. The quantitative estimate of drug-likeness (QED) is 0.436. The van der Waals surface area contributed by atoms with Gasteiger partial charge in [0.2, 0.25) is 5.91 Å². The lowest BCUT2D eigenvalue weighted by Crippen LogP contribution is -2.39. The molecule has 1 amide bonds. The van der Waals surface area contributed by atoms with Gasteiger partial charge in [-0.25, -0.2) is 0 Å². The van der Waals surface area contributed by atoms with E-state index in [1.807, 2.05) is 13.8 Å². The molecule has 0 aromatic heterocycles. The molecule has 0 radical (unpaired) electrons. The van der Waals surface area contributed by atoms with E-state index in [9.17, 15) is 4.79 Å². The minimum absolute atomic E-state index is 0.0367. The van der Waals surface area contributed by atoms with Crippen molar-refractivity contribution in [3.05, 3.63) is 0 Å². The lowest BCUT2D eigenvalue weighted by molar-refractivity contribution is -0.121. The summed E-state index contributed by atoms with van der Waals surface area (Å²) in [5, 5.41) is 9.42. The molecule has 0 saturated heterocycles. The van der Waals surface area contributed by atoms with Gasteiger partial charge in [-0.05, 0) is 32.5 Å². The van der Waals surface area contributed by atoms with Crippen LogP contribution in [0, 0.1) is 0 Å². The van der Waals surface area contributed by atoms with Gasteiger partial charge in [-0.3, -0.25) is 4.79 Å². The number of nitrogens with one attached hydrogen (secondary N) is 3. The van der Waals surface area contributed by atoms with Crippen molar-refractivity contribution in [2.45, 2.75) is 32.7 Å². The van der Waals surface area contributed by atoms with Crippen LogP contribution in [0.5, 0.6) is 0 Å². The maximum Gasteiger partial charge on any atom is 0.221 e. The van der Waals surface area contributed by atoms with E-state index in [0.29, 0.717) is 24.7 Å². The maximum absolute atomic E-state index is 11.3. The van der Waals surface area contributed by atoms with Gasteiger partial charge >= 0.3 is 0 Å². The third-order valence-electron chi connectivity index (χ3n) is 1.90. The Morgan fingerprint density at radius 1 is 1.29 bits per heavy atom. The molecule has 0 rings (SSSR count). The predicted octanol–water partition coefficient (Wildman–Crippen LogP) is 0.402. The molecule has 100 valence electrons. The Morgan fingerprint density at radius 3 is 2.53 bits per heavy atom. The molecule has 0 saturated carbocycles. The van der Waals surface area contributed by atoms with Gasteiger partial charge in [0.1, 0.15) is 0 Å². The normalized spacial score (nSPS) is 10.1. The van der Waals surface area contributed by atoms with E-state index in [0.717, 1.165) is 13.0 Å². The van der Waals surface area contributed by atoms with E-state index in [-0.39, 0.29) is 11.9 Å². The monoisotopic (exact) mass is 261 g/mol. The number of thiocarbonyl (C=S) groups is 1. The molecule has 0 fully saturated rings. The van der Waals surface area contributed by atoms with Gasteiger partial charge in [0.15, 0.2) is 5.11 Å². The van der Waals surface area contributed by atoms with Gasteiger partial charge < -0.3 is 20.7 Å². The van der Waals surface area contributed by atoms with E-state index in [4.69, 9.17) is 17.0 Å². The third-order valence-corrected chi connectivity index (χ3v) is 2.19. The van der Waals surface area contributed by atoms with Crippen molar-refractivity contribution >= 4 is 23.2 Å². The van der Waals surface area contributed by atoms with Crippen molar-refractivity contribution in [2.75, 3.05) is 26.8 Å². The largest absolute Gasteiger partial charge is 0.385 e. The van der Waals surface area contributed by atoms with Crippen LogP contribution in [0.25, 0.3) is 0 Å². The highest BCUT2D eigenvalue weighted by molar-refractivity contribution is 7.80. The molecule has 17 heavy (non-hydrogen) atoms. The van der Waals surface area contributed by atoms with Crippen LogP contribution in [-0.4, -0.2) is 43.9 Å². The van der Waals surface area contributed by atoms with E-state index >= 15 is 0 Å². The van der Waals surface area contributed by atoms with E-state index in [1.165, 1.54) is 0 Å². The number of carbonyl (C=O) groups is 1. The molecule has 0 spiro atoms. The lowest BCUT2D eigenvalue weighted by Gasteiger charge is -2.11. The SMILES string of the molecule is COCCCNC(=S)NCCC(=O)NC(C)C. The highest BCUT2D eigenvalue weighted by Gasteiger charge is 2.02. The van der Waals surface area contributed by atoms with Gasteiger partial charge in [-0.15, -0.1) is 0 Å². The number of rotatable bonds is 8. The van der Waals surface area contributed by atoms with E-state index in [2.05, 4.69) is 16.0 Å². The average molecular weight is 261 g/mol. The molecule has 0 aromatic rings. The summed E-state index contributed by atoms with van der Waals surface area (Å²) in [7, 11) is 1.67. The molecule has 0 aliphatic carbocycles. The minimum atomic E-state index is 0.0367. The predicted molar refractivity (Wildman–Crippen MR) is 73.0 cm³/mol. The van der Waals surface area contributed by atoms with E-state index in [1.54, 1.807) is 7.11 Å². The minimum Gasteiger partial charge on any atom is -0.385 e. The fourth-order valence-corrected chi connectivity index (χ4v) is 1.37. The van der Waals surface area contributed by atoms with Gasteiger partial charge in [0.05, 0.1) is 0 Å². The summed E-state index contributed by atoms with van der Waals surface area (Å²) in [6.45, 7) is 5.92. The van der Waals surface area contributed by atoms with Crippen LogP contribution in [0.3, 0.4) is 0 Å². The first-order valence-electron chi connectivity index (χ1n) is 5.86. The molecular formula is C11H23N3O2S. The molecule has 0 aromatic carbocycles. The average Bonchev–Trinajstić information content (AvgIpc) is 2.23. The summed E-state index contributed by atoms with van der Waals surface area (Å²) in [5.74, 6) is 0.0367. The molecule has 0 unspecified atom stereocenters. The molecule has 5 nitrogen and oxygen atoms in total. The van der Waals surface area contributed by atoms with Crippen LogP contribution in [0.15, 0.2) is 0 Å². The van der Waals surface area contributed by atoms with Crippen molar-refractivity contribution in [1.82, 2.24) is 16.0 Å². The Morgan fingerprint density at radius 2 is 1.94 bits per heavy atom. The van der Waals surface area contributed by atoms with Gasteiger partial charge in [-0.1, -0.05) is 0 Å². The molecule has 0 heterocycles. The lowest BCUT2D eigenvalue weighted by atomic mass is 10.3. The van der Waals surface area contributed by atoms with Crippen molar-refractivity contribution in [3.63, 3.8) is 0 Å². The van der Waals surface area contributed by atoms with Crippen molar-refractivity contribution in [3.8, 4) is 0 Å². The summed E-state index contributed by atoms with van der Waals surface area (Å²) >= 11 is 5.05. The van der Waals surface area contributed by atoms with Gasteiger partial charge in [0, 0.05) is 39.3 Å². The second-order valence-corrected chi connectivity index (χ2v) is 4.41. The number of carbonyl (C=O) groups excluding carboxylic acids is 1. The number of hydrogen-bond donors (Lipinski definition) is 3. The second kappa shape index (κ2) is 10.3.